The van der Waals surface area contributed by atoms with Gasteiger partial charge in [0.2, 0.25) is 0 Å². The lowest BCUT2D eigenvalue weighted by atomic mass is 10.0. The minimum Gasteiger partial charge on any atom is -0.384 e. The van der Waals surface area contributed by atoms with Crippen molar-refractivity contribution in [2.45, 2.75) is 12.8 Å². The number of methoxy groups -OCH3 is 1. The van der Waals surface area contributed by atoms with Crippen LogP contribution in [-0.4, -0.2) is 13.7 Å². The zero-order chi connectivity index (χ0) is 9.84. The van der Waals surface area contributed by atoms with E-state index in [1.54, 1.807) is 13.2 Å². The fraction of sp³-hybridized carbons (Fsp3) is 0.400. The lowest BCUT2D eigenvalue weighted by Gasteiger charge is -2.12. The number of benzene rings is 1. The Hall–Kier alpha value is -0.240. The van der Waals surface area contributed by atoms with E-state index in [-0.39, 0.29) is 5.92 Å². The van der Waals surface area contributed by atoms with E-state index in [2.05, 4.69) is 6.92 Å². The average molecular weight is 219 g/mol. The minimum absolute atomic E-state index is 0.274. The monoisotopic (exact) mass is 218 g/mol. The van der Waals surface area contributed by atoms with E-state index in [9.17, 15) is 0 Å². The van der Waals surface area contributed by atoms with Crippen LogP contribution in [0.3, 0.4) is 0 Å². The van der Waals surface area contributed by atoms with Crippen LogP contribution < -0.4 is 0 Å². The summed E-state index contributed by atoms with van der Waals surface area (Å²) in [6, 6.07) is 5.65. The van der Waals surface area contributed by atoms with Crippen LogP contribution in [0.4, 0.5) is 0 Å². The van der Waals surface area contributed by atoms with Crippen LogP contribution in [0, 0.1) is 0 Å². The summed E-state index contributed by atoms with van der Waals surface area (Å²) in [7, 11) is 1.68. The summed E-state index contributed by atoms with van der Waals surface area (Å²) in [5, 5.41) is 1.23. The Balaban J connectivity index is 2.93. The molecule has 0 spiro atoms. The highest BCUT2D eigenvalue weighted by atomic mass is 35.5. The van der Waals surface area contributed by atoms with E-state index in [4.69, 9.17) is 27.9 Å². The normalized spacial score (nSPS) is 12.9. The van der Waals surface area contributed by atoms with Crippen molar-refractivity contribution in [2.75, 3.05) is 13.7 Å². The number of hydrogen-bond donors (Lipinski definition) is 0. The highest BCUT2D eigenvalue weighted by molar-refractivity contribution is 6.42. The lowest BCUT2D eigenvalue weighted by Crippen LogP contribution is -2.02. The van der Waals surface area contributed by atoms with E-state index in [0.29, 0.717) is 16.7 Å². The van der Waals surface area contributed by atoms with Crippen molar-refractivity contribution >= 4 is 23.2 Å². The Bertz CT molecular complexity index is 286. The second-order valence-corrected chi connectivity index (χ2v) is 3.78. The van der Waals surface area contributed by atoms with Gasteiger partial charge in [-0.15, -0.1) is 0 Å². The quantitative estimate of drug-likeness (QED) is 0.752. The summed E-state index contributed by atoms with van der Waals surface area (Å²) >= 11 is 11.9. The van der Waals surface area contributed by atoms with Crippen molar-refractivity contribution in [2.24, 2.45) is 0 Å². The van der Waals surface area contributed by atoms with E-state index < -0.39 is 0 Å². The SMILES string of the molecule is COCC(C)c1cccc(Cl)c1Cl. The second kappa shape index (κ2) is 4.85. The molecule has 0 heterocycles. The Labute approximate surface area is 88.6 Å². The molecular formula is C10H12Cl2O. The predicted molar refractivity (Wildman–Crippen MR) is 56.8 cm³/mol. The highest BCUT2D eigenvalue weighted by Gasteiger charge is 2.10. The van der Waals surface area contributed by atoms with Crippen molar-refractivity contribution < 1.29 is 4.74 Å². The van der Waals surface area contributed by atoms with Crippen LogP contribution in [-0.2, 0) is 4.74 Å². The van der Waals surface area contributed by atoms with E-state index in [1.165, 1.54) is 0 Å². The number of halogens is 2. The molecule has 1 atom stereocenters. The van der Waals surface area contributed by atoms with Crippen LogP contribution in [0.15, 0.2) is 18.2 Å². The van der Waals surface area contributed by atoms with Crippen LogP contribution in [0.2, 0.25) is 10.0 Å². The Morgan fingerprint density at radius 3 is 2.69 bits per heavy atom. The zero-order valence-corrected chi connectivity index (χ0v) is 9.19. The smallest absolute Gasteiger partial charge is 0.0627 e. The fourth-order valence-corrected chi connectivity index (χ4v) is 1.73. The Morgan fingerprint density at radius 2 is 2.08 bits per heavy atom. The molecule has 3 heteroatoms. The molecule has 0 aliphatic heterocycles. The Morgan fingerprint density at radius 1 is 1.38 bits per heavy atom. The van der Waals surface area contributed by atoms with Gasteiger partial charge in [-0.2, -0.15) is 0 Å². The van der Waals surface area contributed by atoms with E-state index in [0.717, 1.165) is 5.56 Å². The molecule has 0 bridgehead atoms. The summed E-state index contributed by atoms with van der Waals surface area (Å²) in [4.78, 5) is 0. The van der Waals surface area contributed by atoms with Gasteiger partial charge in [0.1, 0.15) is 0 Å². The molecule has 0 aromatic heterocycles. The second-order valence-electron chi connectivity index (χ2n) is 3.00. The highest BCUT2D eigenvalue weighted by Crippen LogP contribution is 2.30. The topological polar surface area (TPSA) is 9.23 Å². The van der Waals surface area contributed by atoms with Crippen LogP contribution in [0.5, 0.6) is 0 Å². The predicted octanol–water partition coefficient (Wildman–Crippen LogP) is 3.74. The van der Waals surface area contributed by atoms with Gasteiger partial charge in [0.15, 0.2) is 0 Å². The summed E-state index contributed by atoms with van der Waals surface area (Å²) in [6.45, 7) is 2.71. The molecule has 1 unspecified atom stereocenters. The van der Waals surface area contributed by atoms with Gasteiger partial charge in [-0.3, -0.25) is 0 Å². The van der Waals surface area contributed by atoms with Gasteiger partial charge >= 0.3 is 0 Å². The lowest BCUT2D eigenvalue weighted by molar-refractivity contribution is 0.184. The fourth-order valence-electron chi connectivity index (χ4n) is 1.24. The van der Waals surface area contributed by atoms with Gasteiger partial charge in [-0.1, -0.05) is 42.3 Å². The summed E-state index contributed by atoms with van der Waals surface area (Å²) in [6.07, 6.45) is 0. The minimum atomic E-state index is 0.274. The van der Waals surface area contributed by atoms with Crippen molar-refractivity contribution in [3.05, 3.63) is 33.8 Å². The van der Waals surface area contributed by atoms with Gasteiger partial charge < -0.3 is 4.74 Å². The largest absolute Gasteiger partial charge is 0.384 e. The number of rotatable bonds is 3. The van der Waals surface area contributed by atoms with Crippen molar-refractivity contribution in [3.63, 3.8) is 0 Å². The maximum Gasteiger partial charge on any atom is 0.0627 e. The molecule has 0 fully saturated rings. The third-order valence-corrected chi connectivity index (χ3v) is 2.76. The van der Waals surface area contributed by atoms with Crippen LogP contribution in [0.25, 0.3) is 0 Å². The summed E-state index contributed by atoms with van der Waals surface area (Å²) in [5.41, 5.74) is 1.04. The molecule has 0 aliphatic rings. The molecule has 1 aromatic carbocycles. The first-order chi connectivity index (χ1) is 6.16. The molecule has 0 aliphatic carbocycles. The van der Waals surface area contributed by atoms with Crippen LogP contribution >= 0.6 is 23.2 Å². The molecule has 0 saturated carbocycles. The van der Waals surface area contributed by atoms with Gasteiger partial charge in [-0.25, -0.2) is 0 Å². The standard InChI is InChI=1S/C10H12Cl2O/c1-7(6-13-2)8-4-3-5-9(11)10(8)12/h3-5,7H,6H2,1-2H3. The Kier molecular flexibility index (Phi) is 4.04. The first kappa shape index (κ1) is 10.8. The molecule has 72 valence electrons. The summed E-state index contributed by atoms with van der Waals surface area (Å²) in [5.74, 6) is 0.274. The van der Waals surface area contributed by atoms with Gasteiger partial charge in [0, 0.05) is 13.0 Å². The van der Waals surface area contributed by atoms with Crippen molar-refractivity contribution in [1.82, 2.24) is 0 Å². The van der Waals surface area contributed by atoms with Crippen molar-refractivity contribution in [1.29, 1.82) is 0 Å². The molecule has 1 rings (SSSR count). The molecule has 1 nitrogen and oxygen atoms in total. The molecule has 13 heavy (non-hydrogen) atoms. The maximum absolute atomic E-state index is 6.04. The third kappa shape index (κ3) is 2.60. The zero-order valence-electron chi connectivity index (χ0n) is 7.68. The molecule has 0 amide bonds. The van der Waals surface area contributed by atoms with Crippen molar-refractivity contribution in [3.8, 4) is 0 Å². The maximum atomic E-state index is 6.04. The van der Waals surface area contributed by atoms with Crippen LogP contribution in [0.1, 0.15) is 18.4 Å². The number of ether oxygens (including phenoxy) is 1. The molecule has 0 N–H and O–H groups in total. The third-order valence-electron chi connectivity index (χ3n) is 1.93. The van der Waals surface area contributed by atoms with Gasteiger partial charge in [0.25, 0.3) is 0 Å². The average Bonchev–Trinajstić information content (AvgIpc) is 2.10. The molecule has 1 aromatic rings. The van der Waals surface area contributed by atoms with E-state index >= 15 is 0 Å². The number of hydrogen-bond acceptors (Lipinski definition) is 1. The molecular weight excluding hydrogens is 207 g/mol. The first-order valence-electron chi connectivity index (χ1n) is 4.09. The molecule has 0 radical (unpaired) electrons. The van der Waals surface area contributed by atoms with E-state index in [1.807, 2.05) is 12.1 Å². The van der Waals surface area contributed by atoms with Gasteiger partial charge in [-0.05, 0) is 11.6 Å². The first-order valence-corrected chi connectivity index (χ1v) is 4.85. The summed E-state index contributed by atoms with van der Waals surface area (Å²) < 4.78 is 5.05. The molecule has 0 saturated heterocycles. The van der Waals surface area contributed by atoms with Gasteiger partial charge in [0.05, 0.1) is 16.7 Å².